The monoisotopic (exact) mass is 170 g/mol. The fourth-order valence-corrected chi connectivity index (χ4v) is 0.890. The first kappa shape index (κ1) is 11.5. The standard InChI is InChI=1S/C10H22N2/c1-8(2)6-5-7-12-10(11)9(3)4/h8-9H,5-7H2,1-4H3,(H2,11,12). The molecular weight excluding hydrogens is 148 g/mol. The summed E-state index contributed by atoms with van der Waals surface area (Å²) in [7, 11) is 0. The molecule has 2 nitrogen and oxygen atoms in total. The van der Waals surface area contributed by atoms with Crippen LogP contribution in [-0.4, -0.2) is 12.4 Å². The summed E-state index contributed by atoms with van der Waals surface area (Å²) < 4.78 is 0. The van der Waals surface area contributed by atoms with Crippen molar-refractivity contribution in [2.45, 2.75) is 40.5 Å². The third-order valence-electron chi connectivity index (χ3n) is 1.83. The molecule has 2 heteroatoms. The Labute approximate surface area is 76.3 Å². The van der Waals surface area contributed by atoms with E-state index in [4.69, 9.17) is 5.73 Å². The molecule has 0 radical (unpaired) electrons. The minimum absolute atomic E-state index is 0.393. The quantitative estimate of drug-likeness (QED) is 0.384. The smallest absolute Gasteiger partial charge is 0.0962 e. The summed E-state index contributed by atoms with van der Waals surface area (Å²) in [6.07, 6.45) is 2.40. The summed E-state index contributed by atoms with van der Waals surface area (Å²) in [6.45, 7) is 9.50. The van der Waals surface area contributed by atoms with Crippen molar-refractivity contribution in [3.63, 3.8) is 0 Å². The van der Waals surface area contributed by atoms with E-state index in [1.165, 1.54) is 6.42 Å². The van der Waals surface area contributed by atoms with Gasteiger partial charge in [-0.05, 0) is 18.8 Å². The summed E-state index contributed by atoms with van der Waals surface area (Å²) in [5.74, 6) is 1.96. The Morgan fingerprint density at radius 2 is 1.83 bits per heavy atom. The average Bonchev–Trinajstić information content (AvgIpc) is 1.97. The molecule has 0 spiro atoms. The molecule has 0 aromatic heterocycles. The molecule has 0 aliphatic heterocycles. The van der Waals surface area contributed by atoms with Crippen LogP contribution in [0.15, 0.2) is 4.99 Å². The molecule has 0 bridgehead atoms. The minimum Gasteiger partial charge on any atom is -0.387 e. The van der Waals surface area contributed by atoms with Crippen molar-refractivity contribution in [1.82, 2.24) is 0 Å². The second kappa shape index (κ2) is 6.04. The number of rotatable bonds is 5. The van der Waals surface area contributed by atoms with E-state index in [9.17, 15) is 0 Å². The Hall–Kier alpha value is -0.530. The number of aliphatic imine (C=N–C) groups is 1. The predicted molar refractivity (Wildman–Crippen MR) is 55.4 cm³/mol. The lowest BCUT2D eigenvalue weighted by molar-refractivity contribution is 0.561. The number of nitrogens with zero attached hydrogens (tertiary/aromatic N) is 1. The third kappa shape index (κ3) is 6.20. The highest BCUT2D eigenvalue weighted by Gasteiger charge is 1.97. The van der Waals surface area contributed by atoms with E-state index in [1.54, 1.807) is 0 Å². The van der Waals surface area contributed by atoms with E-state index in [2.05, 4.69) is 32.7 Å². The summed E-state index contributed by atoms with van der Waals surface area (Å²) in [6, 6.07) is 0. The molecule has 0 atom stereocenters. The van der Waals surface area contributed by atoms with Crippen molar-refractivity contribution in [3.05, 3.63) is 0 Å². The van der Waals surface area contributed by atoms with Crippen LogP contribution in [0, 0.1) is 11.8 Å². The predicted octanol–water partition coefficient (Wildman–Crippen LogP) is 2.44. The van der Waals surface area contributed by atoms with Crippen LogP contribution >= 0.6 is 0 Å². The molecule has 2 N–H and O–H groups in total. The van der Waals surface area contributed by atoms with Gasteiger partial charge in [-0.3, -0.25) is 4.99 Å². The first-order chi connectivity index (χ1) is 5.54. The van der Waals surface area contributed by atoms with Gasteiger partial charge < -0.3 is 5.73 Å². The zero-order valence-corrected chi connectivity index (χ0v) is 8.80. The highest BCUT2D eigenvalue weighted by atomic mass is 14.8. The molecule has 12 heavy (non-hydrogen) atoms. The summed E-state index contributed by atoms with van der Waals surface area (Å²) in [5, 5.41) is 0. The van der Waals surface area contributed by atoms with E-state index in [0.29, 0.717) is 5.92 Å². The Kier molecular flexibility index (Phi) is 5.77. The maximum absolute atomic E-state index is 5.68. The van der Waals surface area contributed by atoms with E-state index < -0.39 is 0 Å². The van der Waals surface area contributed by atoms with Gasteiger partial charge in [-0.2, -0.15) is 0 Å². The van der Waals surface area contributed by atoms with E-state index in [1.807, 2.05) is 0 Å². The van der Waals surface area contributed by atoms with Gasteiger partial charge in [0, 0.05) is 12.5 Å². The Morgan fingerprint density at radius 1 is 1.25 bits per heavy atom. The van der Waals surface area contributed by atoms with Crippen LogP contribution in [0.25, 0.3) is 0 Å². The van der Waals surface area contributed by atoms with Gasteiger partial charge in [0.15, 0.2) is 0 Å². The molecular formula is C10H22N2. The summed E-state index contributed by atoms with van der Waals surface area (Å²) in [4.78, 5) is 4.29. The molecule has 0 rings (SSSR count). The molecule has 0 aliphatic carbocycles. The Bertz CT molecular complexity index is 137. The van der Waals surface area contributed by atoms with Crippen LogP contribution in [-0.2, 0) is 0 Å². The lowest BCUT2D eigenvalue weighted by Gasteiger charge is -2.04. The SMILES string of the molecule is CC(C)CCCN=C(N)C(C)C. The van der Waals surface area contributed by atoms with Crippen molar-refractivity contribution in [2.24, 2.45) is 22.6 Å². The van der Waals surface area contributed by atoms with Crippen LogP contribution in [0.5, 0.6) is 0 Å². The Balaban J connectivity index is 3.47. The molecule has 0 saturated carbocycles. The van der Waals surface area contributed by atoms with Gasteiger partial charge in [0.1, 0.15) is 0 Å². The fraction of sp³-hybridized carbons (Fsp3) is 0.900. The molecule has 0 aromatic rings. The molecule has 0 amide bonds. The highest BCUT2D eigenvalue weighted by molar-refractivity contribution is 5.82. The summed E-state index contributed by atoms with van der Waals surface area (Å²) in [5.41, 5.74) is 5.68. The molecule has 0 aromatic carbocycles. The zero-order valence-electron chi connectivity index (χ0n) is 8.80. The third-order valence-corrected chi connectivity index (χ3v) is 1.83. The van der Waals surface area contributed by atoms with Crippen LogP contribution < -0.4 is 5.73 Å². The van der Waals surface area contributed by atoms with Crippen molar-refractivity contribution < 1.29 is 0 Å². The number of hydrogen-bond donors (Lipinski definition) is 1. The van der Waals surface area contributed by atoms with E-state index in [0.717, 1.165) is 24.7 Å². The molecule has 0 fully saturated rings. The van der Waals surface area contributed by atoms with Crippen LogP contribution in [0.2, 0.25) is 0 Å². The van der Waals surface area contributed by atoms with E-state index in [-0.39, 0.29) is 0 Å². The van der Waals surface area contributed by atoms with Gasteiger partial charge in [-0.1, -0.05) is 27.7 Å². The molecule has 0 aliphatic rings. The number of nitrogens with two attached hydrogens (primary N) is 1. The van der Waals surface area contributed by atoms with Gasteiger partial charge in [0.25, 0.3) is 0 Å². The lowest BCUT2D eigenvalue weighted by Crippen LogP contribution is -2.19. The van der Waals surface area contributed by atoms with Gasteiger partial charge in [-0.15, -0.1) is 0 Å². The van der Waals surface area contributed by atoms with E-state index >= 15 is 0 Å². The van der Waals surface area contributed by atoms with Gasteiger partial charge in [-0.25, -0.2) is 0 Å². The number of amidine groups is 1. The Morgan fingerprint density at radius 3 is 2.25 bits per heavy atom. The maximum atomic E-state index is 5.68. The first-order valence-corrected chi connectivity index (χ1v) is 4.83. The van der Waals surface area contributed by atoms with Gasteiger partial charge in [0.05, 0.1) is 5.84 Å². The largest absolute Gasteiger partial charge is 0.387 e. The molecule has 0 heterocycles. The van der Waals surface area contributed by atoms with Crippen molar-refractivity contribution in [1.29, 1.82) is 0 Å². The second-order valence-electron chi connectivity index (χ2n) is 4.00. The normalized spacial score (nSPS) is 13.0. The summed E-state index contributed by atoms with van der Waals surface area (Å²) >= 11 is 0. The molecule has 0 unspecified atom stereocenters. The topological polar surface area (TPSA) is 38.4 Å². The van der Waals surface area contributed by atoms with Crippen molar-refractivity contribution in [3.8, 4) is 0 Å². The number of hydrogen-bond acceptors (Lipinski definition) is 1. The van der Waals surface area contributed by atoms with Gasteiger partial charge >= 0.3 is 0 Å². The minimum atomic E-state index is 0.393. The first-order valence-electron chi connectivity index (χ1n) is 4.83. The average molecular weight is 170 g/mol. The van der Waals surface area contributed by atoms with Gasteiger partial charge in [0.2, 0.25) is 0 Å². The lowest BCUT2D eigenvalue weighted by atomic mass is 10.1. The maximum Gasteiger partial charge on any atom is 0.0962 e. The van der Waals surface area contributed by atoms with Crippen molar-refractivity contribution in [2.75, 3.05) is 6.54 Å². The second-order valence-corrected chi connectivity index (χ2v) is 4.00. The van der Waals surface area contributed by atoms with Crippen LogP contribution in [0.3, 0.4) is 0 Å². The van der Waals surface area contributed by atoms with Crippen LogP contribution in [0.4, 0.5) is 0 Å². The fourth-order valence-electron chi connectivity index (χ4n) is 0.890. The van der Waals surface area contributed by atoms with Crippen LogP contribution in [0.1, 0.15) is 40.5 Å². The molecule has 0 saturated heterocycles. The van der Waals surface area contributed by atoms with Crippen molar-refractivity contribution >= 4 is 5.84 Å². The highest BCUT2D eigenvalue weighted by Crippen LogP contribution is 2.03. The molecule has 72 valence electrons. The zero-order chi connectivity index (χ0) is 9.56.